The normalized spacial score (nSPS) is 28.8. The van der Waals surface area contributed by atoms with E-state index in [-0.39, 0.29) is 11.2 Å². The highest BCUT2D eigenvalue weighted by atomic mass is 16.6. The molecule has 4 nitrogen and oxygen atoms in total. The van der Waals surface area contributed by atoms with Crippen molar-refractivity contribution in [2.75, 3.05) is 0 Å². The van der Waals surface area contributed by atoms with Crippen LogP contribution in [0.1, 0.15) is 25.3 Å². The smallest absolute Gasteiger partial charge is 0.269 e. The van der Waals surface area contributed by atoms with Gasteiger partial charge in [-0.05, 0) is 17.9 Å². The Hall–Kier alpha value is -1.42. The summed E-state index contributed by atoms with van der Waals surface area (Å²) in [6.45, 7) is 2.12. The molecule has 1 saturated carbocycles. The molecule has 1 fully saturated rings. The molecule has 80 valence electrons. The Morgan fingerprint density at radius 1 is 1.53 bits per heavy atom. The molecule has 2 atom stereocenters. The Morgan fingerprint density at radius 3 is 2.53 bits per heavy atom. The second-order valence-corrected chi connectivity index (χ2v) is 4.15. The van der Waals surface area contributed by atoms with E-state index in [0.717, 1.165) is 18.4 Å². The SMILES string of the molecule is CCC1CC1(N)c1ccc([N+](=O)[O-])cc1. The van der Waals surface area contributed by atoms with Crippen LogP contribution in [0.25, 0.3) is 0 Å². The summed E-state index contributed by atoms with van der Waals surface area (Å²) >= 11 is 0. The van der Waals surface area contributed by atoms with Gasteiger partial charge in [-0.3, -0.25) is 10.1 Å². The highest BCUT2D eigenvalue weighted by Gasteiger charge is 2.50. The summed E-state index contributed by atoms with van der Waals surface area (Å²) < 4.78 is 0. The Bertz CT molecular complexity index is 388. The molecule has 1 aromatic carbocycles. The van der Waals surface area contributed by atoms with E-state index in [4.69, 9.17) is 5.73 Å². The van der Waals surface area contributed by atoms with Crippen LogP contribution in [-0.4, -0.2) is 4.92 Å². The zero-order chi connectivity index (χ0) is 11.1. The maximum absolute atomic E-state index is 10.5. The fraction of sp³-hybridized carbons (Fsp3) is 0.455. The molecule has 0 saturated heterocycles. The summed E-state index contributed by atoms with van der Waals surface area (Å²) in [5.74, 6) is 0.527. The quantitative estimate of drug-likeness (QED) is 0.608. The Balaban J connectivity index is 2.22. The van der Waals surface area contributed by atoms with Gasteiger partial charge >= 0.3 is 0 Å². The van der Waals surface area contributed by atoms with Gasteiger partial charge in [0.2, 0.25) is 0 Å². The monoisotopic (exact) mass is 206 g/mol. The lowest BCUT2D eigenvalue weighted by Crippen LogP contribution is -2.21. The summed E-state index contributed by atoms with van der Waals surface area (Å²) in [6, 6.07) is 6.59. The second-order valence-electron chi connectivity index (χ2n) is 4.15. The summed E-state index contributed by atoms with van der Waals surface area (Å²) in [7, 11) is 0. The van der Waals surface area contributed by atoms with Crippen molar-refractivity contribution in [3.8, 4) is 0 Å². The lowest BCUT2D eigenvalue weighted by molar-refractivity contribution is -0.384. The molecular formula is C11H14N2O2. The molecule has 4 heteroatoms. The molecule has 2 rings (SSSR count). The van der Waals surface area contributed by atoms with Crippen LogP contribution < -0.4 is 5.73 Å². The van der Waals surface area contributed by atoms with Crippen LogP contribution in [0.2, 0.25) is 0 Å². The van der Waals surface area contributed by atoms with Crippen molar-refractivity contribution < 1.29 is 4.92 Å². The van der Waals surface area contributed by atoms with Crippen LogP contribution in [-0.2, 0) is 5.54 Å². The summed E-state index contributed by atoms with van der Waals surface area (Å²) in [5.41, 5.74) is 7.08. The molecule has 2 unspecified atom stereocenters. The van der Waals surface area contributed by atoms with E-state index >= 15 is 0 Å². The van der Waals surface area contributed by atoms with Crippen LogP contribution >= 0.6 is 0 Å². The fourth-order valence-corrected chi connectivity index (χ4v) is 2.10. The molecular weight excluding hydrogens is 192 g/mol. The van der Waals surface area contributed by atoms with Gasteiger partial charge in [0.25, 0.3) is 5.69 Å². The Labute approximate surface area is 88.2 Å². The Kier molecular flexibility index (Phi) is 2.23. The van der Waals surface area contributed by atoms with E-state index < -0.39 is 4.92 Å². The molecule has 0 amide bonds. The van der Waals surface area contributed by atoms with Gasteiger partial charge in [0.1, 0.15) is 0 Å². The van der Waals surface area contributed by atoms with E-state index in [1.54, 1.807) is 12.1 Å². The molecule has 2 N–H and O–H groups in total. The van der Waals surface area contributed by atoms with E-state index in [1.165, 1.54) is 12.1 Å². The summed E-state index contributed by atoms with van der Waals surface area (Å²) in [6.07, 6.45) is 2.05. The van der Waals surface area contributed by atoms with Gasteiger partial charge < -0.3 is 5.73 Å². The predicted octanol–water partition coefficient (Wildman–Crippen LogP) is 2.18. The third kappa shape index (κ3) is 1.61. The van der Waals surface area contributed by atoms with Crippen molar-refractivity contribution in [3.63, 3.8) is 0 Å². The van der Waals surface area contributed by atoms with Crippen molar-refractivity contribution in [3.05, 3.63) is 39.9 Å². The van der Waals surface area contributed by atoms with Crippen LogP contribution in [0, 0.1) is 16.0 Å². The topological polar surface area (TPSA) is 69.2 Å². The van der Waals surface area contributed by atoms with Gasteiger partial charge in [-0.15, -0.1) is 0 Å². The molecule has 0 aromatic heterocycles. The molecule has 1 aliphatic rings. The lowest BCUT2D eigenvalue weighted by atomic mass is 10.0. The molecule has 1 aromatic rings. The number of nitro benzene ring substituents is 1. The number of nitrogens with two attached hydrogens (primary N) is 1. The van der Waals surface area contributed by atoms with Crippen LogP contribution in [0.5, 0.6) is 0 Å². The van der Waals surface area contributed by atoms with Crippen molar-refractivity contribution in [2.24, 2.45) is 11.7 Å². The van der Waals surface area contributed by atoms with Crippen LogP contribution in [0.4, 0.5) is 5.69 Å². The molecule has 0 heterocycles. The minimum atomic E-state index is -0.392. The number of hydrogen-bond donors (Lipinski definition) is 1. The maximum Gasteiger partial charge on any atom is 0.269 e. The fourth-order valence-electron chi connectivity index (χ4n) is 2.10. The van der Waals surface area contributed by atoms with Gasteiger partial charge in [-0.1, -0.05) is 25.5 Å². The standard InChI is InChI=1S/C11H14N2O2/c1-2-8-7-11(8,12)9-3-5-10(6-4-9)13(14)15/h3-6,8H,2,7,12H2,1H3. The number of nitrogens with zero attached hydrogens (tertiary/aromatic N) is 1. The number of benzene rings is 1. The van der Waals surface area contributed by atoms with Gasteiger partial charge in [0.15, 0.2) is 0 Å². The predicted molar refractivity (Wildman–Crippen MR) is 57.4 cm³/mol. The number of nitro groups is 1. The van der Waals surface area contributed by atoms with Crippen LogP contribution in [0.3, 0.4) is 0 Å². The van der Waals surface area contributed by atoms with E-state index in [0.29, 0.717) is 5.92 Å². The molecule has 15 heavy (non-hydrogen) atoms. The number of non-ortho nitro benzene ring substituents is 1. The molecule has 0 aliphatic heterocycles. The third-order valence-corrected chi connectivity index (χ3v) is 3.26. The van der Waals surface area contributed by atoms with Crippen molar-refractivity contribution in [2.45, 2.75) is 25.3 Å². The van der Waals surface area contributed by atoms with Gasteiger partial charge in [-0.25, -0.2) is 0 Å². The molecule has 0 radical (unpaired) electrons. The first-order valence-electron chi connectivity index (χ1n) is 5.11. The van der Waals surface area contributed by atoms with Crippen molar-refractivity contribution in [1.82, 2.24) is 0 Å². The maximum atomic E-state index is 10.5. The minimum absolute atomic E-state index is 0.121. The zero-order valence-electron chi connectivity index (χ0n) is 8.64. The van der Waals surface area contributed by atoms with Crippen molar-refractivity contribution in [1.29, 1.82) is 0 Å². The van der Waals surface area contributed by atoms with E-state index in [2.05, 4.69) is 6.92 Å². The average molecular weight is 206 g/mol. The third-order valence-electron chi connectivity index (χ3n) is 3.26. The van der Waals surface area contributed by atoms with Gasteiger partial charge in [0.05, 0.1) is 4.92 Å². The lowest BCUT2D eigenvalue weighted by Gasteiger charge is -2.10. The van der Waals surface area contributed by atoms with Gasteiger partial charge in [-0.2, -0.15) is 0 Å². The largest absolute Gasteiger partial charge is 0.321 e. The minimum Gasteiger partial charge on any atom is -0.321 e. The van der Waals surface area contributed by atoms with Crippen LogP contribution in [0.15, 0.2) is 24.3 Å². The Morgan fingerprint density at radius 2 is 2.13 bits per heavy atom. The highest BCUT2D eigenvalue weighted by molar-refractivity contribution is 5.39. The molecule has 1 aliphatic carbocycles. The highest BCUT2D eigenvalue weighted by Crippen LogP contribution is 2.51. The first kappa shape index (κ1) is 10.1. The number of hydrogen-bond acceptors (Lipinski definition) is 3. The summed E-state index contributed by atoms with van der Waals surface area (Å²) in [4.78, 5) is 10.1. The molecule has 0 bridgehead atoms. The number of rotatable bonds is 3. The summed E-state index contributed by atoms with van der Waals surface area (Å²) in [5, 5.41) is 10.5. The first-order chi connectivity index (χ1) is 7.08. The second kappa shape index (κ2) is 3.31. The van der Waals surface area contributed by atoms with E-state index in [9.17, 15) is 10.1 Å². The zero-order valence-corrected chi connectivity index (χ0v) is 8.64. The van der Waals surface area contributed by atoms with E-state index in [1.807, 2.05) is 0 Å². The average Bonchev–Trinajstić information content (AvgIpc) is 2.91. The molecule has 0 spiro atoms. The van der Waals surface area contributed by atoms with Crippen molar-refractivity contribution >= 4 is 5.69 Å². The van der Waals surface area contributed by atoms with Gasteiger partial charge in [0, 0.05) is 17.7 Å². The first-order valence-corrected chi connectivity index (χ1v) is 5.11.